The summed E-state index contributed by atoms with van der Waals surface area (Å²) >= 11 is 0. The average Bonchev–Trinajstić information content (AvgIpc) is 3.12. The van der Waals surface area contributed by atoms with Gasteiger partial charge in [-0.3, -0.25) is 9.13 Å². The predicted molar refractivity (Wildman–Crippen MR) is 189 cm³/mol. The van der Waals surface area contributed by atoms with Crippen LogP contribution in [0, 0.1) is 11.8 Å². The van der Waals surface area contributed by atoms with E-state index in [0.717, 1.165) is 33.4 Å². The van der Waals surface area contributed by atoms with Crippen molar-refractivity contribution in [3.63, 3.8) is 0 Å². The van der Waals surface area contributed by atoms with E-state index in [4.69, 9.17) is 9.05 Å². The van der Waals surface area contributed by atoms with Crippen molar-refractivity contribution in [1.29, 1.82) is 0 Å². The molecule has 2 aliphatic heterocycles. The SMILES string of the molecule is C=C.O=P1(c2ccc(C#Cc3ccc(P4(=O)Oc5ccccc5-c5ccccc54)cc3)cc2)Oc2ccccc2-c2ccccc21. The maximum Gasteiger partial charge on any atom is 0.307 e. The lowest BCUT2D eigenvalue weighted by Crippen LogP contribution is -2.25. The normalized spacial score (nSPS) is 18.3. The molecule has 46 heavy (non-hydrogen) atoms. The zero-order chi connectivity index (χ0) is 31.7. The molecule has 2 atom stereocenters. The molecular weight excluding hydrogens is 606 g/mol. The molecule has 6 aromatic carbocycles. The average molecular weight is 635 g/mol. The molecule has 2 heterocycles. The zero-order valence-electron chi connectivity index (χ0n) is 24.8. The third kappa shape index (κ3) is 4.92. The Morgan fingerprint density at radius 1 is 0.413 bits per heavy atom. The van der Waals surface area contributed by atoms with Gasteiger partial charge in [0.05, 0.1) is 21.2 Å². The molecule has 0 radical (unpaired) electrons. The van der Waals surface area contributed by atoms with Crippen LogP contribution < -0.4 is 30.3 Å². The lowest BCUT2D eigenvalue weighted by atomic mass is 10.0. The molecule has 222 valence electrons. The molecule has 0 spiro atoms. The Balaban J connectivity index is 0.00000166. The Kier molecular flexibility index (Phi) is 7.59. The summed E-state index contributed by atoms with van der Waals surface area (Å²) in [4.78, 5) is 0. The van der Waals surface area contributed by atoms with Crippen LogP contribution in [0.1, 0.15) is 11.1 Å². The van der Waals surface area contributed by atoms with Gasteiger partial charge in [-0.25, -0.2) is 0 Å². The summed E-state index contributed by atoms with van der Waals surface area (Å²) in [6.45, 7) is 6.00. The van der Waals surface area contributed by atoms with Crippen LogP contribution in [0.5, 0.6) is 11.5 Å². The van der Waals surface area contributed by atoms with Crippen LogP contribution in [0.25, 0.3) is 22.3 Å². The van der Waals surface area contributed by atoms with E-state index in [1.54, 1.807) is 0 Å². The molecule has 0 saturated carbocycles. The van der Waals surface area contributed by atoms with Gasteiger partial charge in [0.2, 0.25) is 0 Å². The van der Waals surface area contributed by atoms with Crippen LogP contribution >= 0.6 is 14.7 Å². The number of benzene rings is 6. The standard InChI is InChI=1S/C38H24O4P2.C2H4/c39-43(37-15-7-3-11-33(37)31-9-1-5-13-35(31)41-43)29-23-19-27(20-24-29)17-18-28-21-25-30(26-22-28)44(40)38-16-8-4-12-34(38)32-10-2-6-14-36(32)42-44;1-2/h1-16,19-26H;1-2H2. The maximum atomic E-state index is 14.4. The summed E-state index contributed by atoms with van der Waals surface area (Å²) in [5.41, 5.74) is 5.31. The molecule has 2 unspecified atom stereocenters. The van der Waals surface area contributed by atoms with E-state index in [1.165, 1.54) is 0 Å². The van der Waals surface area contributed by atoms with Gasteiger partial charge in [-0.1, -0.05) is 84.6 Å². The van der Waals surface area contributed by atoms with Crippen molar-refractivity contribution in [2.45, 2.75) is 0 Å². The first-order valence-corrected chi connectivity index (χ1v) is 18.0. The van der Waals surface area contributed by atoms with Crippen LogP contribution in [0.3, 0.4) is 0 Å². The van der Waals surface area contributed by atoms with Crippen molar-refractivity contribution in [1.82, 2.24) is 0 Å². The van der Waals surface area contributed by atoms with Crippen molar-refractivity contribution >= 4 is 36.0 Å². The van der Waals surface area contributed by atoms with Gasteiger partial charge in [0, 0.05) is 22.3 Å². The third-order valence-electron chi connectivity index (χ3n) is 8.02. The van der Waals surface area contributed by atoms with Gasteiger partial charge in [-0.05, 0) is 83.9 Å². The Labute approximate surface area is 268 Å². The van der Waals surface area contributed by atoms with Crippen LogP contribution in [-0.4, -0.2) is 0 Å². The zero-order valence-corrected chi connectivity index (χ0v) is 26.6. The Hall–Kier alpha value is -5.32. The fraction of sp³-hybridized carbons (Fsp3) is 0. The summed E-state index contributed by atoms with van der Waals surface area (Å²) in [5, 5.41) is 2.64. The fourth-order valence-electron chi connectivity index (χ4n) is 5.84. The molecule has 8 rings (SSSR count). The monoisotopic (exact) mass is 634 g/mol. The molecule has 0 N–H and O–H groups in total. The number of hydrogen-bond donors (Lipinski definition) is 0. The summed E-state index contributed by atoms with van der Waals surface area (Å²) in [6.07, 6.45) is 0. The Morgan fingerprint density at radius 2 is 0.739 bits per heavy atom. The number of rotatable bonds is 2. The summed E-state index contributed by atoms with van der Waals surface area (Å²) in [6, 6.07) is 45.6. The Bertz CT molecular complexity index is 2100. The highest BCUT2D eigenvalue weighted by molar-refractivity contribution is 7.75. The van der Waals surface area contributed by atoms with Gasteiger partial charge >= 0.3 is 14.7 Å². The summed E-state index contributed by atoms with van der Waals surface area (Å²) in [5.74, 6) is 7.63. The van der Waals surface area contributed by atoms with Crippen LogP contribution in [0.15, 0.2) is 159 Å². The van der Waals surface area contributed by atoms with Gasteiger partial charge in [-0.15, -0.1) is 13.2 Å². The van der Waals surface area contributed by atoms with E-state index in [2.05, 4.69) is 25.0 Å². The lowest BCUT2D eigenvalue weighted by molar-refractivity contribution is 0.500. The van der Waals surface area contributed by atoms with Crippen molar-refractivity contribution in [3.8, 4) is 45.6 Å². The maximum absolute atomic E-state index is 14.4. The quantitative estimate of drug-likeness (QED) is 0.109. The molecule has 4 nitrogen and oxygen atoms in total. The fourth-order valence-corrected chi connectivity index (χ4v) is 10.3. The predicted octanol–water partition coefficient (Wildman–Crippen LogP) is 8.47. The molecule has 6 heteroatoms. The molecular formula is C40H28O4P2. The number of fused-ring (bicyclic) bond motifs is 6. The molecule has 0 amide bonds. The second kappa shape index (κ2) is 11.9. The molecule has 0 fully saturated rings. The van der Waals surface area contributed by atoms with Gasteiger partial charge in [0.15, 0.2) is 0 Å². The topological polar surface area (TPSA) is 52.6 Å². The molecule has 0 bridgehead atoms. The molecule has 2 aliphatic rings. The van der Waals surface area contributed by atoms with Crippen LogP contribution in [0.2, 0.25) is 0 Å². The second-order valence-electron chi connectivity index (χ2n) is 10.7. The van der Waals surface area contributed by atoms with Gasteiger partial charge in [-0.2, -0.15) is 0 Å². The van der Waals surface area contributed by atoms with E-state index in [1.807, 2.05) is 146 Å². The molecule has 6 aromatic rings. The number of para-hydroxylation sites is 2. The highest BCUT2D eigenvalue weighted by atomic mass is 31.2. The minimum Gasteiger partial charge on any atom is -0.436 e. The van der Waals surface area contributed by atoms with Crippen LogP contribution in [0.4, 0.5) is 0 Å². The van der Waals surface area contributed by atoms with Crippen molar-refractivity contribution in [3.05, 3.63) is 170 Å². The molecule has 0 aromatic heterocycles. The highest BCUT2D eigenvalue weighted by Gasteiger charge is 2.38. The van der Waals surface area contributed by atoms with E-state index in [-0.39, 0.29) is 0 Å². The summed E-state index contributed by atoms with van der Waals surface area (Å²) < 4.78 is 41.1. The summed E-state index contributed by atoms with van der Waals surface area (Å²) in [7, 11) is -6.68. The van der Waals surface area contributed by atoms with Crippen molar-refractivity contribution < 1.29 is 18.2 Å². The Morgan fingerprint density at radius 3 is 1.13 bits per heavy atom. The van der Waals surface area contributed by atoms with Crippen molar-refractivity contribution in [2.24, 2.45) is 0 Å². The number of hydrogen-bond acceptors (Lipinski definition) is 4. The first-order valence-electron chi connectivity index (χ1n) is 14.7. The van der Waals surface area contributed by atoms with Gasteiger partial charge in [0.25, 0.3) is 0 Å². The van der Waals surface area contributed by atoms with E-state index in [0.29, 0.717) is 32.7 Å². The second-order valence-corrected chi connectivity index (χ2v) is 15.2. The third-order valence-corrected chi connectivity index (χ3v) is 12.9. The van der Waals surface area contributed by atoms with Crippen LogP contribution in [-0.2, 0) is 9.13 Å². The first kappa shape index (κ1) is 29.4. The molecule has 0 aliphatic carbocycles. The van der Waals surface area contributed by atoms with Gasteiger partial charge < -0.3 is 9.05 Å². The van der Waals surface area contributed by atoms with Crippen molar-refractivity contribution in [2.75, 3.05) is 0 Å². The van der Waals surface area contributed by atoms with E-state index in [9.17, 15) is 9.13 Å². The smallest absolute Gasteiger partial charge is 0.307 e. The minimum atomic E-state index is -3.34. The lowest BCUT2D eigenvalue weighted by Gasteiger charge is -2.28. The molecule has 0 saturated heterocycles. The van der Waals surface area contributed by atoms with Gasteiger partial charge in [0.1, 0.15) is 11.5 Å². The minimum absolute atomic E-state index is 0.619. The highest BCUT2D eigenvalue weighted by Crippen LogP contribution is 2.54. The first-order chi connectivity index (χ1) is 22.5. The largest absolute Gasteiger partial charge is 0.436 e. The van der Waals surface area contributed by atoms with E-state index >= 15 is 0 Å². The van der Waals surface area contributed by atoms with E-state index < -0.39 is 14.7 Å².